The highest BCUT2D eigenvalue weighted by Gasteiger charge is 2.21. The largest absolute Gasteiger partial charge is 0.494 e. The molecule has 5 nitrogen and oxygen atoms in total. The fraction of sp³-hybridized carbons (Fsp3) is 0.211. The summed E-state index contributed by atoms with van der Waals surface area (Å²) in [5.41, 5.74) is 5.52. The Kier molecular flexibility index (Phi) is 3.12. The minimum atomic E-state index is 0.822. The Bertz CT molecular complexity index is 1140. The topological polar surface area (TPSA) is 44.0 Å². The summed E-state index contributed by atoms with van der Waals surface area (Å²) < 4.78 is 11.0. The summed E-state index contributed by atoms with van der Waals surface area (Å²) in [4.78, 5) is 4.92. The number of aryl methyl sites for hydroxylation is 1. The molecule has 0 atom stereocenters. The van der Waals surface area contributed by atoms with E-state index in [2.05, 4.69) is 54.6 Å². The summed E-state index contributed by atoms with van der Waals surface area (Å²) in [6.45, 7) is 1.85. The molecule has 0 saturated carbocycles. The van der Waals surface area contributed by atoms with Crippen molar-refractivity contribution in [1.29, 1.82) is 0 Å². The third-order valence-corrected chi connectivity index (χ3v) is 5.38. The molecule has 0 fully saturated rings. The molecular formula is C19H17BrN4O. The van der Waals surface area contributed by atoms with Crippen LogP contribution in [0.5, 0.6) is 5.75 Å². The van der Waals surface area contributed by atoms with Crippen LogP contribution in [0.15, 0.2) is 40.9 Å². The molecule has 2 aromatic carbocycles. The lowest BCUT2D eigenvalue weighted by atomic mass is 10.2. The number of para-hydroxylation sites is 1. The number of fused-ring (bicyclic) bond motifs is 1. The molecule has 1 aliphatic rings. The van der Waals surface area contributed by atoms with E-state index in [1.807, 2.05) is 19.2 Å². The highest BCUT2D eigenvalue weighted by atomic mass is 79.9. The maximum Gasteiger partial charge on any atom is 0.157 e. The van der Waals surface area contributed by atoms with Gasteiger partial charge in [0.25, 0.3) is 0 Å². The van der Waals surface area contributed by atoms with Gasteiger partial charge in [-0.3, -0.25) is 0 Å². The summed E-state index contributed by atoms with van der Waals surface area (Å²) in [5.74, 6) is 1.78. The molecular weight excluding hydrogens is 380 g/mol. The van der Waals surface area contributed by atoms with E-state index in [-0.39, 0.29) is 0 Å². The van der Waals surface area contributed by atoms with Crippen LogP contribution >= 0.6 is 15.9 Å². The van der Waals surface area contributed by atoms with Gasteiger partial charge in [-0.1, -0.05) is 28.1 Å². The number of ether oxygens (including phenoxy) is 1. The highest BCUT2D eigenvalue weighted by Crippen LogP contribution is 2.37. The SMILES string of the molecule is COc1cc(Br)cc2nc(-c3cc4cccc5c4n3CCN5)n(C)c12. The molecule has 2 aromatic heterocycles. The number of anilines is 1. The lowest BCUT2D eigenvalue weighted by Crippen LogP contribution is -2.17. The highest BCUT2D eigenvalue weighted by molar-refractivity contribution is 9.10. The first-order valence-electron chi connectivity index (χ1n) is 8.24. The number of hydrogen-bond acceptors (Lipinski definition) is 3. The number of halogens is 1. The Balaban J connectivity index is 1.84. The number of methoxy groups -OCH3 is 1. The molecule has 0 amide bonds. The predicted molar refractivity (Wildman–Crippen MR) is 104 cm³/mol. The second kappa shape index (κ2) is 5.26. The molecule has 1 N–H and O–H groups in total. The number of imidazole rings is 1. The molecule has 0 radical (unpaired) electrons. The van der Waals surface area contributed by atoms with Gasteiger partial charge in [-0.15, -0.1) is 0 Å². The Labute approximate surface area is 153 Å². The van der Waals surface area contributed by atoms with Gasteiger partial charge < -0.3 is 19.2 Å². The molecule has 6 heteroatoms. The van der Waals surface area contributed by atoms with Crippen LogP contribution in [0.1, 0.15) is 0 Å². The smallest absolute Gasteiger partial charge is 0.157 e. The number of benzene rings is 2. The summed E-state index contributed by atoms with van der Waals surface area (Å²) >= 11 is 3.55. The van der Waals surface area contributed by atoms with E-state index in [1.54, 1.807) is 7.11 Å². The third-order valence-electron chi connectivity index (χ3n) is 4.92. The van der Waals surface area contributed by atoms with Crippen LogP contribution in [0.2, 0.25) is 0 Å². The van der Waals surface area contributed by atoms with Crippen LogP contribution in [0.3, 0.4) is 0 Å². The van der Waals surface area contributed by atoms with Gasteiger partial charge in [0.1, 0.15) is 11.3 Å². The zero-order valence-electron chi connectivity index (χ0n) is 14.0. The van der Waals surface area contributed by atoms with Crippen molar-refractivity contribution in [2.24, 2.45) is 7.05 Å². The Morgan fingerprint density at radius 2 is 2.08 bits per heavy atom. The minimum absolute atomic E-state index is 0.822. The average molecular weight is 397 g/mol. The molecule has 0 aliphatic carbocycles. The van der Waals surface area contributed by atoms with E-state index >= 15 is 0 Å². The van der Waals surface area contributed by atoms with Crippen molar-refractivity contribution in [2.45, 2.75) is 6.54 Å². The van der Waals surface area contributed by atoms with Gasteiger partial charge in [0, 0.05) is 30.0 Å². The van der Waals surface area contributed by atoms with E-state index in [9.17, 15) is 0 Å². The number of nitrogens with zero attached hydrogens (tertiary/aromatic N) is 3. The average Bonchev–Trinajstić information content (AvgIpc) is 3.14. The molecule has 0 bridgehead atoms. The van der Waals surface area contributed by atoms with Crippen molar-refractivity contribution in [3.8, 4) is 17.3 Å². The van der Waals surface area contributed by atoms with E-state index in [1.165, 1.54) is 16.6 Å². The second-order valence-electron chi connectivity index (χ2n) is 6.32. The predicted octanol–water partition coefficient (Wildman–Crippen LogP) is 4.39. The zero-order chi connectivity index (χ0) is 17.1. The summed E-state index contributed by atoms with van der Waals surface area (Å²) in [5, 5.41) is 4.72. The first-order chi connectivity index (χ1) is 12.2. The number of aromatic nitrogens is 3. The number of hydrogen-bond donors (Lipinski definition) is 1. The van der Waals surface area contributed by atoms with Gasteiger partial charge in [0.15, 0.2) is 5.82 Å². The van der Waals surface area contributed by atoms with Crippen LogP contribution in [0.25, 0.3) is 33.5 Å². The van der Waals surface area contributed by atoms with E-state index in [0.29, 0.717) is 0 Å². The normalized spacial score (nSPS) is 13.4. The minimum Gasteiger partial charge on any atom is -0.494 e. The Hall–Kier alpha value is -2.47. The first-order valence-corrected chi connectivity index (χ1v) is 9.03. The fourth-order valence-corrected chi connectivity index (χ4v) is 4.27. The van der Waals surface area contributed by atoms with Gasteiger partial charge in [0.05, 0.1) is 29.5 Å². The van der Waals surface area contributed by atoms with Crippen molar-refractivity contribution in [1.82, 2.24) is 14.1 Å². The molecule has 5 rings (SSSR count). The van der Waals surface area contributed by atoms with Gasteiger partial charge in [-0.2, -0.15) is 0 Å². The van der Waals surface area contributed by atoms with Crippen molar-refractivity contribution < 1.29 is 4.74 Å². The van der Waals surface area contributed by atoms with Crippen molar-refractivity contribution >= 4 is 43.6 Å². The lowest BCUT2D eigenvalue weighted by Gasteiger charge is -2.19. The molecule has 0 unspecified atom stereocenters. The summed E-state index contributed by atoms with van der Waals surface area (Å²) in [6.07, 6.45) is 0. The summed E-state index contributed by atoms with van der Waals surface area (Å²) in [7, 11) is 3.75. The number of rotatable bonds is 2. The van der Waals surface area contributed by atoms with Gasteiger partial charge >= 0.3 is 0 Å². The second-order valence-corrected chi connectivity index (χ2v) is 7.24. The maximum atomic E-state index is 5.58. The third kappa shape index (κ3) is 2.03. The maximum absolute atomic E-state index is 5.58. The van der Waals surface area contributed by atoms with Crippen molar-refractivity contribution in [3.05, 3.63) is 40.9 Å². The standard InChI is InChI=1S/C19H17BrN4O/c1-23-18-14(9-12(20)10-16(18)25-2)22-19(23)15-8-11-4-3-5-13-17(11)24(15)7-6-21-13/h3-5,8-10,21H,6-7H2,1-2H3. The monoisotopic (exact) mass is 396 g/mol. The van der Waals surface area contributed by atoms with Crippen LogP contribution in [0.4, 0.5) is 5.69 Å². The van der Waals surface area contributed by atoms with Crippen LogP contribution < -0.4 is 10.1 Å². The molecule has 1 aliphatic heterocycles. The van der Waals surface area contributed by atoms with Gasteiger partial charge in [-0.25, -0.2) is 4.98 Å². The van der Waals surface area contributed by atoms with E-state index < -0.39 is 0 Å². The van der Waals surface area contributed by atoms with E-state index in [0.717, 1.165) is 45.9 Å². The Morgan fingerprint density at radius 3 is 2.92 bits per heavy atom. The van der Waals surface area contributed by atoms with E-state index in [4.69, 9.17) is 9.72 Å². The fourth-order valence-electron chi connectivity index (χ4n) is 3.85. The number of nitrogens with one attached hydrogen (secondary N) is 1. The molecule has 25 heavy (non-hydrogen) atoms. The Morgan fingerprint density at radius 1 is 1.20 bits per heavy atom. The molecule has 0 spiro atoms. The lowest BCUT2D eigenvalue weighted by molar-refractivity contribution is 0.417. The molecule has 0 saturated heterocycles. The molecule has 3 heterocycles. The van der Waals surface area contributed by atoms with Crippen LogP contribution in [0, 0.1) is 0 Å². The summed E-state index contributed by atoms with van der Waals surface area (Å²) in [6, 6.07) is 12.6. The van der Waals surface area contributed by atoms with Gasteiger partial charge in [0.2, 0.25) is 0 Å². The molecule has 126 valence electrons. The van der Waals surface area contributed by atoms with Crippen LogP contribution in [-0.2, 0) is 13.6 Å². The van der Waals surface area contributed by atoms with Crippen molar-refractivity contribution in [2.75, 3.05) is 19.0 Å². The zero-order valence-corrected chi connectivity index (χ0v) is 15.6. The van der Waals surface area contributed by atoms with Crippen LogP contribution in [-0.4, -0.2) is 27.8 Å². The first kappa shape index (κ1) is 14.8. The van der Waals surface area contributed by atoms with Gasteiger partial charge in [-0.05, 0) is 24.3 Å². The molecule has 4 aromatic rings. The van der Waals surface area contributed by atoms with Crippen molar-refractivity contribution in [3.63, 3.8) is 0 Å². The quantitative estimate of drug-likeness (QED) is 0.546.